The van der Waals surface area contributed by atoms with Crippen LogP contribution in [0.5, 0.6) is 0 Å². The molecular formula is C11H13BrCl2O. The standard InChI is InChI=1S/C11H13BrCl2O/c12-9-4-3-8(11(14)7-9)6-10(15)2-1-5-13/h3-4,7,10,15H,1-2,5-6H2. The van der Waals surface area contributed by atoms with E-state index in [-0.39, 0.29) is 6.10 Å². The summed E-state index contributed by atoms with van der Waals surface area (Å²) in [5, 5.41) is 10.4. The van der Waals surface area contributed by atoms with Crippen LogP contribution in [0.3, 0.4) is 0 Å². The van der Waals surface area contributed by atoms with E-state index in [4.69, 9.17) is 23.2 Å². The number of hydrogen-bond acceptors (Lipinski definition) is 1. The third kappa shape index (κ3) is 4.73. The number of rotatable bonds is 5. The van der Waals surface area contributed by atoms with Gasteiger partial charge >= 0.3 is 0 Å². The largest absolute Gasteiger partial charge is 0.393 e. The molecule has 1 unspecified atom stereocenters. The van der Waals surface area contributed by atoms with Crippen molar-refractivity contribution in [3.8, 4) is 0 Å². The Labute approximate surface area is 109 Å². The third-order valence-electron chi connectivity index (χ3n) is 2.14. The van der Waals surface area contributed by atoms with Crippen LogP contribution in [-0.2, 0) is 6.42 Å². The lowest BCUT2D eigenvalue weighted by molar-refractivity contribution is 0.164. The fraction of sp³-hybridized carbons (Fsp3) is 0.455. The van der Waals surface area contributed by atoms with Gasteiger partial charge < -0.3 is 5.11 Å². The molecule has 0 aliphatic rings. The highest BCUT2D eigenvalue weighted by molar-refractivity contribution is 9.10. The van der Waals surface area contributed by atoms with E-state index >= 15 is 0 Å². The molecular weight excluding hydrogens is 299 g/mol. The zero-order valence-electron chi connectivity index (χ0n) is 8.22. The maximum atomic E-state index is 9.70. The molecule has 4 heteroatoms. The molecule has 0 radical (unpaired) electrons. The van der Waals surface area contributed by atoms with Crippen LogP contribution in [-0.4, -0.2) is 17.1 Å². The zero-order valence-corrected chi connectivity index (χ0v) is 11.3. The maximum Gasteiger partial charge on any atom is 0.0581 e. The lowest BCUT2D eigenvalue weighted by Crippen LogP contribution is -2.10. The molecule has 0 saturated carbocycles. The first-order chi connectivity index (χ1) is 7.13. The molecule has 0 fully saturated rings. The van der Waals surface area contributed by atoms with Crippen molar-refractivity contribution >= 4 is 39.1 Å². The number of halogens is 3. The lowest BCUT2D eigenvalue weighted by atomic mass is 10.0. The molecule has 0 amide bonds. The van der Waals surface area contributed by atoms with Crippen LogP contribution in [0.2, 0.25) is 5.02 Å². The van der Waals surface area contributed by atoms with Gasteiger partial charge in [-0.1, -0.05) is 33.6 Å². The van der Waals surface area contributed by atoms with Crippen LogP contribution in [0, 0.1) is 0 Å². The Kier molecular flexibility index (Phi) is 5.98. The minimum atomic E-state index is -0.359. The highest BCUT2D eigenvalue weighted by Crippen LogP contribution is 2.23. The van der Waals surface area contributed by atoms with Crippen molar-refractivity contribution in [2.24, 2.45) is 0 Å². The predicted molar refractivity (Wildman–Crippen MR) is 68.8 cm³/mol. The van der Waals surface area contributed by atoms with Gasteiger partial charge in [-0.05, 0) is 37.0 Å². The highest BCUT2D eigenvalue weighted by atomic mass is 79.9. The van der Waals surface area contributed by atoms with Crippen LogP contribution in [0.1, 0.15) is 18.4 Å². The Hall–Kier alpha value is 0.240. The molecule has 1 rings (SSSR count). The Morgan fingerprint density at radius 2 is 2.13 bits per heavy atom. The van der Waals surface area contributed by atoms with Gasteiger partial charge in [0.25, 0.3) is 0 Å². The van der Waals surface area contributed by atoms with Crippen molar-refractivity contribution in [1.82, 2.24) is 0 Å². The van der Waals surface area contributed by atoms with E-state index in [0.717, 1.165) is 22.9 Å². The van der Waals surface area contributed by atoms with E-state index in [1.165, 1.54) is 0 Å². The summed E-state index contributed by atoms with van der Waals surface area (Å²) in [7, 11) is 0. The third-order valence-corrected chi connectivity index (χ3v) is 3.25. The van der Waals surface area contributed by atoms with Crippen molar-refractivity contribution in [3.63, 3.8) is 0 Å². The van der Waals surface area contributed by atoms with Crippen LogP contribution in [0.15, 0.2) is 22.7 Å². The average molecular weight is 312 g/mol. The molecule has 0 heterocycles. The van der Waals surface area contributed by atoms with Gasteiger partial charge in [0.1, 0.15) is 0 Å². The number of hydrogen-bond donors (Lipinski definition) is 1. The first kappa shape index (κ1) is 13.3. The molecule has 0 saturated heterocycles. The molecule has 0 aromatic heterocycles. The minimum Gasteiger partial charge on any atom is -0.393 e. The Balaban J connectivity index is 2.56. The molecule has 0 aliphatic carbocycles. The van der Waals surface area contributed by atoms with E-state index in [1.54, 1.807) is 0 Å². The van der Waals surface area contributed by atoms with Crippen LogP contribution in [0.25, 0.3) is 0 Å². The highest BCUT2D eigenvalue weighted by Gasteiger charge is 2.08. The summed E-state index contributed by atoms with van der Waals surface area (Å²) >= 11 is 14.9. The lowest BCUT2D eigenvalue weighted by Gasteiger charge is -2.11. The van der Waals surface area contributed by atoms with E-state index in [2.05, 4.69) is 15.9 Å². The number of benzene rings is 1. The van der Waals surface area contributed by atoms with Crippen molar-refractivity contribution in [3.05, 3.63) is 33.3 Å². The molecule has 1 nitrogen and oxygen atoms in total. The molecule has 0 aliphatic heterocycles. The fourth-order valence-electron chi connectivity index (χ4n) is 1.36. The maximum absolute atomic E-state index is 9.70. The average Bonchev–Trinajstić information content (AvgIpc) is 2.19. The topological polar surface area (TPSA) is 20.2 Å². The quantitative estimate of drug-likeness (QED) is 0.814. The molecule has 1 aromatic carbocycles. The summed E-state index contributed by atoms with van der Waals surface area (Å²) in [4.78, 5) is 0. The molecule has 84 valence electrons. The normalized spacial score (nSPS) is 12.8. The minimum absolute atomic E-state index is 0.359. The second-order valence-electron chi connectivity index (χ2n) is 3.42. The van der Waals surface area contributed by atoms with Gasteiger partial charge in [-0.25, -0.2) is 0 Å². The van der Waals surface area contributed by atoms with Gasteiger partial charge in [0, 0.05) is 15.4 Å². The van der Waals surface area contributed by atoms with Crippen molar-refractivity contribution in [2.45, 2.75) is 25.4 Å². The van der Waals surface area contributed by atoms with Crippen molar-refractivity contribution < 1.29 is 5.11 Å². The molecule has 1 N–H and O–H groups in total. The van der Waals surface area contributed by atoms with Gasteiger partial charge in [0.2, 0.25) is 0 Å². The summed E-state index contributed by atoms with van der Waals surface area (Å²) in [6.07, 6.45) is 1.78. The van der Waals surface area contributed by atoms with Gasteiger partial charge in [0.05, 0.1) is 6.10 Å². The zero-order chi connectivity index (χ0) is 11.3. The van der Waals surface area contributed by atoms with Gasteiger partial charge in [0.15, 0.2) is 0 Å². The van der Waals surface area contributed by atoms with E-state index < -0.39 is 0 Å². The number of aliphatic hydroxyl groups excluding tert-OH is 1. The smallest absolute Gasteiger partial charge is 0.0581 e. The molecule has 1 atom stereocenters. The van der Waals surface area contributed by atoms with E-state index in [1.807, 2.05) is 18.2 Å². The summed E-state index contributed by atoms with van der Waals surface area (Å²) < 4.78 is 0.950. The van der Waals surface area contributed by atoms with Crippen LogP contribution >= 0.6 is 39.1 Å². The number of alkyl halides is 1. The monoisotopic (exact) mass is 310 g/mol. The first-order valence-electron chi connectivity index (χ1n) is 4.81. The SMILES string of the molecule is OC(CCCCl)Cc1ccc(Br)cc1Cl. The first-order valence-corrected chi connectivity index (χ1v) is 6.52. The second-order valence-corrected chi connectivity index (χ2v) is 5.13. The van der Waals surface area contributed by atoms with E-state index in [0.29, 0.717) is 17.3 Å². The van der Waals surface area contributed by atoms with Gasteiger partial charge in [-0.3, -0.25) is 0 Å². The Bertz CT molecular complexity index is 317. The molecule has 0 spiro atoms. The summed E-state index contributed by atoms with van der Waals surface area (Å²) in [5.74, 6) is 0.588. The second kappa shape index (κ2) is 6.74. The van der Waals surface area contributed by atoms with Crippen LogP contribution < -0.4 is 0 Å². The van der Waals surface area contributed by atoms with Crippen molar-refractivity contribution in [2.75, 3.05) is 5.88 Å². The van der Waals surface area contributed by atoms with Crippen molar-refractivity contribution in [1.29, 1.82) is 0 Å². The summed E-state index contributed by atoms with van der Waals surface area (Å²) in [6, 6.07) is 5.69. The fourth-order valence-corrected chi connectivity index (χ4v) is 2.26. The van der Waals surface area contributed by atoms with Gasteiger partial charge in [-0.2, -0.15) is 0 Å². The molecule has 0 bridgehead atoms. The Morgan fingerprint density at radius 3 is 2.73 bits per heavy atom. The van der Waals surface area contributed by atoms with E-state index in [9.17, 15) is 5.11 Å². The summed E-state index contributed by atoms with van der Waals surface area (Å²) in [5.41, 5.74) is 0.974. The van der Waals surface area contributed by atoms with Crippen LogP contribution in [0.4, 0.5) is 0 Å². The van der Waals surface area contributed by atoms with Gasteiger partial charge in [-0.15, -0.1) is 11.6 Å². The molecule has 15 heavy (non-hydrogen) atoms. The Morgan fingerprint density at radius 1 is 1.40 bits per heavy atom. The predicted octanol–water partition coefficient (Wildman–Crippen LogP) is 4.02. The molecule has 1 aromatic rings. The summed E-state index contributed by atoms with van der Waals surface area (Å²) in [6.45, 7) is 0. The number of aliphatic hydroxyl groups is 1.